The number of rotatable bonds is 13. The normalized spacial score (nSPS) is 19.7. The van der Waals surface area contributed by atoms with E-state index < -0.39 is 82.8 Å². The Morgan fingerprint density at radius 3 is 1.27 bits per heavy atom. The van der Waals surface area contributed by atoms with Crippen LogP contribution in [-0.4, -0.2) is 92.2 Å². The van der Waals surface area contributed by atoms with Crippen LogP contribution < -0.4 is 5.73 Å². The van der Waals surface area contributed by atoms with Crippen LogP contribution in [-0.2, 0) is 10.1 Å². The lowest BCUT2D eigenvalue weighted by molar-refractivity contribution is -0.382. The van der Waals surface area contributed by atoms with Crippen molar-refractivity contribution in [3.05, 3.63) is 12.7 Å². The third-order valence-corrected chi connectivity index (χ3v) is 4.85. The molecule has 3 N–H and O–H groups in total. The fourth-order valence-electron chi connectivity index (χ4n) is 1.95. The lowest BCUT2D eigenvalue weighted by Crippen LogP contribution is -2.69. The third-order valence-electron chi connectivity index (χ3n) is 4.03. The second kappa shape index (κ2) is 13.0. The SMILES string of the molecule is C=CCN.O=S(=O)(O)C(F)C(F)(F)C(F)(F)C(F)(F)C(F)(F)C(F)C(F)C(F)C(F)C(F)C(F)C(F)F. The molecular formula is C15H16F17NO3S. The molecule has 7 unspecified atom stereocenters. The minimum absolute atomic E-state index is 0.583. The van der Waals surface area contributed by atoms with Gasteiger partial charge in [0.15, 0.2) is 30.9 Å². The van der Waals surface area contributed by atoms with E-state index >= 15 is 0 Å². The van der Waals surface area contributed by atoms with Crippen molar-refractivity contribution in [2.24, 2.45) is 5.73 Å². The van der Waals surface area contributed by atoms with Crippen LogP contribution in [0.15, 0.2) is 12.7 Å². The van der Waals surface area contributed by atoms with E-state index in [1.807, 2.05) is 0 Å². The summed E-state index contributed by atoms with van der Waals surface area (Å²) in [6, 6.07) is 0. The second-order valence-electron chi connectivity index (χ2n) is 6.71. The largest absolute Gasteiger partial charge is 0.382 e. The first-order chi connectivity index (χ1) is 16.2. The molecule has 4 nitrogen and oxygen atoms in total. The number of alkyl halides is 17. The molecule has 0 fully saturated rings. The molecule has 0 saturated heterocycles. The molecule has 0 amide bonds. The average Bonchev–Trinajstić information content (AvgIpc) is 2.79. The van der Waals surface area contributed by atoms with Crippen LogP contribution in [0.1, 0.15) is 0 Å². The van der Waals surface area contributed by atoms with Crippen LogP contribution in [0.3, 0.4) is 0 Å². The second-order valence-corrected chi connectivity index (χ2v) is 8.15. The van der Waals surface area contributed by atoms with Crippen molar-refractivity contribution in [3.63, 3.8) is 0 Å². The average molecular weight is 613 g/mol. The van der Waals surface area contributed by atoms with E-state index in [0.29, 0.717) is 6.54 Å². The summed E-state index contributed by atoms with van der Waals surface area (Å²) in [5, 5.41) is 0. The van der Waals surface area contributed by atoms with Gasteiger partial charge >= 0.3 is 33.8 Å². The van der Waals surface area contributed by atoms with E-state index in [1.165, 1.54) is 0 Å². The quantitative estimate of drug-likeness (QED) is 0.172. The Hall–Kier alpha value is -1.58. The Labute approximate surface area is 196 Å². The Kier molecular flexibility index (Phi) is 13.2. The molecule has 37 heavy (non-hydrogen) atoms. The Morgan fingerprint density at radius 2 is 0.973 bits per heavy atom. The highest BCUT2D eigenvalue weighted by molar-refractivity contribution is 7.86. The highest BCUT2D eigenvalue weighted by Crippen LogP contribution is 2.56. The van der Waals surface area contributed by atoms with E-state index in [2.05, 4.69) is 6.58 Å². The summed E-state index contributed by atoms with van der Waals surface area (Å²) in [4.78, 5) is 0. The van der Waals surface area contributed by atoms with Crippen molar-refractivity contribution in [2.45, 2.75) is 72.6 Å². The summed E-state index contributed by atoms with van der Waals surface area (Å²) in [7, 11) is -7.03. The van der Waals surface area contributed by atoms with E-state index in [-0.39, 0.29) is 0 Å². The fourth-order valence-corrected chi connectivity index (χ4v) is 2.47. The highest BCUT2D eigenvalue weighted by atomic mass is 32.2. The first-order valence-electron chi connectivity index (χ1n) is 8.78. The number of hydrogen-bond donors (Lipinski definition) is 2. The molecule has 0 heterocycles. The molecule has 0 aromatic heterocycles. The minimum Gasteiger partial charge on any atom is -0.327 e. The summed E-state index contributed by atoms with van der Waals surface area (Å²) in [6.07, 6.45) is -32.2. The zero-order valence-corrected chi connectivity index (χ0v) is 18.1. The van der Waals surface area contributed by atoms with Gasteiger partial charge in [-0.1, -0.05) is 6.08 Å². The van der Waals surface area contributed by atoms with Gasteiger partial charge in [0.1, 0.15) is 0 Å². The summed E-state index contributed by atoms with van der Waals surface area (Å²) in [5.41, 5.74) is -0.847. The summed E-state index contributed by atoms with van der Waals surface area (Å²) >= 11 is 0. The van der Waals surface area contributed by atoms with E-state index in [4.69, 9.17) is 10.3 Å². The number of nitrogens with two attached hydrogens (primary N) is 1. The van der Waals surface area contributed by atoms with Gasteiger partial charge in [0.05, 0.1) is 0 Å². The van der Waals surface area contributed by atoms with Crippen LogP contribution in [0.5, 0.6) is 0 Å². The first kappa shape index (κ1) is 37.6. The van der Waals surface area contributed by atoms with Crippen molar-refractivity contribution >= 4 is 10.1 Å². The van der Waals surface area contributed by atoms with Gasteiger partial charge in [-0.15, -0.1) is 6.58 Å². The van der Waals surface area contributed by atoms with E-state index in [1.54, 1.807) is 6.08 Å². The van der Waals surface area contributed by atoms with Crippen molar-refractivity contribution in [1.29, 1.82) is 0 Å². The van der Waals surface area contributed by atoms with Crippen LogP contribution in [0.4, 0.5) is 74.6 Å². The zero-order chi connectivity index (χ0) is 30.5. The summed E-state index contributed by atoms with van der Waals surface area (Å²) in [6.45, 7) is 3.94. The van der Waals surface area contributed by atoms with Crippen LogP contribution in [0.2, 0.25) is 0 Å². The Balaban J connectivity index is 0. The molecule has 0 rings (SSSR count). The van der Waals surface area contributed by atoms with Crippen molar-refractivity contribution in [2.75, 3.05) is 6.54 Å². The van der Waals surface area contributed by atoms with Gasteiger partial charge in [0.2, 0.25) is 6.17 Å². The Bertz CT molecular complexity index is 827. The number of halogens is 17. The molecule has 0 radical (unpaired) electrons. The predicted molar refractivity (Wildman–Crippen MR) is 90.9 cm³/mol. The van der Waals surface area contributed by atoms with Gasteiger partial charge < -0.3 is 5.73 Å². The minimum atomic E-state index is -8.05. The molecule has 224 valence electrons. The van der Waals surface area contributed by atoms with Gasteiger partial charge in [-0.3, -0.25) is 4.55 Å². The molecular weight excluding hydrogens is 597 g/mol. The monoisotopic (exact) mass is 613 g/mol. The molecule has 0 aliphatic heterocycles. The molecule has 0 bridgehead atoms. The summed E-state index contributed by atoms with van der Waals surface area (Å²) in [5.74, 6) is -31.2. The maximum Gasteiger partial charge on any atom is 0.382 e. The lowest BCUT2D eigenvalue weighted by atomic mass is 9.91. The molecule has 0 aromatic carbocycles. The predicted octanol–water partition coefficient (Wildman–Crippen LogP) is 5.14. The zero-order valence-electron chi connectivity index (χ0n) is 17.3. The molecule has 0 saturated carbocycles. The summed E-state index contributed by atoms with van der Waals surface area (Å²) < 4.78 is 250. The first-order valence-corrected chi connectivity index (χ1v) is 10.3. The molecule has 0 spiro atoms. The molecule has 7 atom stereocenters. The van der Waals surface area contributed by atoms with Crippen molar-refractivity contribution in [1.82, 2.24) is 0 Å². The van der Waals surface area contributed by atoms with Gasteiger partial charge in [0, 0.05) is 6.54 Å². The van der Waals surface area contributed by atoms with E-state index in [0.717, 1.165) is 0 Å². The molecule has 0 aliphatic carbocycles. The van der Waals surface area contributed by atoms with Gasteiger partial charge in [-0.2, -0.15) is 43.5 Å². The van der Waals surface area contributed by atoms with Crippen LogP contribution >= 0.6 is 0 Å². The smallest absolute Gasteiger partial charge is 0.327 e. The standard InChI is InChI=1S/C12H9F17O3S.C3H7N/c13-1(3(15)5(17)7(19)20)2(14)4(16)6(18)9(22,23)11(26,27)12(28,29)10(24,25)8(21)33(30,31)32;1-2-3-4/h1-8H,(H,30,31,32);2H,1,3-4H2. The van der Waals surface area contributed by atoms with Gasteiger partial charge in [-0.25, -0.2) is 39.5 Å². The maximum atomic E-state index is 13.5. The molecule has 22 heteroatoms. The Morgan fingerprint density at radius 1 is 0.676 bits per heavy atom. The van der Waals surface area contributed by atoms with Gasteiger partial charge in [0.25, 0.3) is 11.9 Å². The topological polar surface area (TPSA) is 80.4 Å². The van der Waals surface area contributed by atoms with Crippen LogP contribution in [0.25, 0.3) is 0 Å². The number of hydrogen-bond acceptors (Lipinski definition) is 3. The molecule has 0 aliphatic rings. The van der Waals surface area contributed by atoms with Gasteiger partial charge in [-0.05, 0) is 0 Å². The maximum absolute atomic E-state index is 13.5. The molecule has 0 aromatic rings. The van der Waals surface area contributed by atoms with E-state index in [9.17, 15) is 83.1 Å². The third kappa shape index (κ3) is 7.73. The van der Waals surface area contributed by atoms with Crippen molar-refractivity contribution < 1.29 is 87.6 Å². The van der Waals surface area contributed by atoms with Crippen LogP contribution in [0, 0.1) is 0 Å². The fraction of sp³-hybridized carbons (Fsp3) is 0.867. The highest BCUT2D eigenvalue weighted by Gasteiger charge is 2.85. The lowest BCUT2D eigenvalue weighted by Gasteiger charge is -2.39. The van der Waals surface area contributed by atoms with Crippen molar-refractivity contribution in [3.8, 4) is 0 Å².